The summed E-state index contributed by atoms with van der Waals surface area (Å²) in [5.41, 5.74) is 3.44. The predicted octanol–water partition coefficient (Wildman–Crippen LogP) is 6.92. The summed E-state index contributed by atoms with van der Waals surface area (Å²) in [5, 5.41) is 0. The van der Waals surface area contributed by atoms with E-state index in [0.29, 0.717) is 5.41 Å². The number of allylic oxidation sites excluding steroid dienone is 4. The standard InChI is InChI=1S/C19H36/c1-8-18(9-2)19(10-3,11-4)15-17(7)14-12-13-16(5)6/h13,15,18H,8-12,14H2,1-7H3. The second-order valence-corrected chi connectivity index (χ2v) is 6.26. The molecule has 19 heavy (non-hydrogen) atoms. The van der Waals surface area contributed by atoms with Gasteiger partial charge >= 0.3 is 0 Å². The van der Waals surface area contributed by atoms with Gasteiger partial charge in [-0.1, -0.05) is 63.8 Å². The van der Waals surface area contributed by atoms with Crippen molar-refractivity contribution in [1.29, 1.82) is 0 Å². The van der Waals surface area contributed by atoms with E-state index in [0.717, 1.165) is 5.92 Å². The summed E-state index contributed by atoms with van der Waals surface area (Å²) in [5.74, 6) is 0.834. The summed E-state index contributed by atoms with van der Waals surface area (Å²) in [6, 6.07) is 0. The van der Waals surface area contributed by atoms with Gasteiger partial charge in [-0.2, -0.15) is 0 Å². The Kier molecular flexibility index (Phi) is 9.14. The lowest BCUT2D eigenvalue weighted by atomic mass is 9.68. The van der Waals surface area contributed by atoms with E-state index in [1.807, 2.05) is 0 Å². The van der Waals surface area contributed by atoms with Crippen molar-refractivity contribution in [2.24, 2.45) is 11.3 Å². The Labute approximate surface area is 122 Å². The molecule has 0 saturated carbocycles. The van der Waals surface area contributed by atoms with Crippen molar-refractivity contribution in [3.63, 3.8) is 0 Å². The van der Waals surface area contributed by atoms with Gasteiger partial charge in [-0.15, -0.1) is 0 Å². The van der Waals surface area contributed by atoms with Crippen molar-refractivity contribution in [3.8, 4) is 0 Å². The molecule has 0 aliphatic carbocycles. The van der Waals surface area contributed by atoms with Crippen LogP contribution in [0.1, 0.15) is 87.0 Å². The predicted molar refractivity (Wildman–Crippen MR) is 89.5 cm³/mol. The fourth-order valence-corrected chi connectivity index (χ4v) is 3.40. The Morgan fingerprint density at radius 1 is 0.947 bits per heavy atom. The molecule has 0 aromatic rings. The van der Waals surface area contributed by atoms with Crippen LogP contribution in [0.5, 0.6) is 0 Å². The second-order valence-electron chi connectivity index (χ2n) is 6.26. The zero-order valence-electron chi connectivity index (χ0n) is 14.5. The average molecular weight is 264 g/mol. The molecule has 0 unspecified atom stereocenters. The molecule has 0 nitrogen and oxygen atoms in total. The summed E-state index contributed by atoms with van der Waals surface area (Å²) in [6.45, 7) is 16.1. The summed E-state index contributed by atoms with van der Waals surface area (Å²) in [4.78, 5) is 0. The Morgan fingerprint density at radius 2 is 1.47 bits per heavy atom. The first-order chi connectivity index (χ1) is 8.95. The molecule has 0 rings (SSSR count). The van der Waals surface area contributed by atoms with E-state index in [9.17, 15) is 0 Å². The van der Waals surface area contributed by atoms with E-state index >= 15 is 0 Å². The maximum absolute atomic E-state index is 2.61. The molecule has 0 aliphatic heterocycles. The monoisotopic (exact) mass is 264 g/mol. The van der Waals surface area contributed by atoms with Crippen LogP contribution in [0.4, 0.5) is 0 Å². The van der Waals surface area contributed by atoms with Gasteiger partial charge in [0.05, 0.1) is 0 Å². The van der Waals surface area contributed by atoms with Gasteiger partial charge in [0.1, 0.15) is 0 Å². The molecule has 0 aliphatic rings. The van der Waals surface area contributed by atoms with Crippen molar-refractivity contribution in [2.75, 3.05) is 0 Å². The highest BCUT2D eigenvalue weighted by molar-refractivity contribution is 5.10. The van der Waals surface area contributed by atoms with Crippen LogP contribution in [0.2, 0.25) is 0 Å². The fraction of sp³-hybridized carbons (Fsp3) is 0.789. The Bertz CT molecular complexity index is 281. The van der Waals surface area contributed by atoms with Crippen molar-refractivity contribution in [2.45, 2.75) is 87.0 Å². The van der Waals surface area contributed by atoms with Crippen LogP contribution in [0.15, 0.2) is 23.3 Å². The Hall–Kier alpha value is -0.520. The van der Waals surface area contributed by atoms with E-state index in [1.54, 1.807) is 5.57 Å². The van der Waals surface area contributed by atoms with Crippen LogP contribution in [0.3, 0.4) is 0 Å². The van der Waals surface area contributed by atoms with Gasteiger partial charge in [0.2, 0.25) is 0 Å². The molecule has 112 valence electrons. The molecular formula is C19H36. The van der Waals surface area contributed by atoms with E-state index in [1.165, 1.54) is 44.1 Å². The molecule has 0 radical (unpaired) electrons. The largest absolute Gasteiger partial charge is 0.0856 e. The minimum Gasteiger partial charge on any atom is -0.0856 e. The lowest BCUT2D eigenvalue weighted by Crippen LogP contribution is -2.27. The van der Waals surface area contributed by atoms with Crippen molar-refractivity contribution < 1.29 is 0 Å². The minimum atomic E-state index is 0.429. The first-order valence-electron chi connectivity index (χ1n) is 8.27. The highest BCUT2D eigenvalue weighted by atomic mass is 14.4. The Morgan fingerprint density at radius 3 is 1.84 bits per heavy atom. The molecule has 0 aromatic heterocycles. The third-order valence-electron chi connectivity index (χ3n) is 4.74. The van der Waals surface area contributed by atoms with Gasteiger partial charge in [-0.25, -0.2) is 0 Å². The highest BCUT2D eigenvalue weighted by Crippen LogP contribution is 2.41. The molecular weight excluding hydrogens is 228 g/mol. The SMILES string of the molecule is CCC(CC)C(C=C(C)CCC=C(C)C)(CC)CC. The van der Waals surface area contributed by atoms with E-state index < -0.39 is 0 Å². The average Bonchev–Trinajstić information content (AvgIpc) is 2.38. The molecule has 0 amide bonds. The van der Waals surface area contributed by atoms with Crippen LogP contribution in [0, 0.1) is 11.3 Å². The molecule has 0 heteroatoms. The number of hydrogen-bond acceptors (Lipinski definition) is 0. The van der Waals surface area contributed by atoms with Crippen LogP contribution in [-0.2, 0) is 0 Å². The molecule has 0 atom stereocenters. The zero-order chi connectivity index (χ0) is 14.9. The number of hydrogen-bond donors (Lipinski definition) is 0. The zero-order valence-corrected chi connectivity index (χ0v) is 14.5. The van der Waals surface area contributed by atoms with E-state index in [2.05, 4.69) is 60.6 Å². The summed E-state index contributed by atoms with van der Waals surface area (Å²) >= 11 is 0. The quantitative estimate of drug-likeness (QED) is 0.396. The summed E-state index contributed by atoms with van der Waals surface area (Å²) in [7, 11) is 0. The molecule has 0 spiro atoms. The van der Waals surface area contributed by atoms with Gasteiger partial charge in [0, 0.05) is 0 Å². The van der Waals surface area contributed by atoms with Crippen LogP contribution in [-0.4, -0.2) is 0 Å². The Balaban J connectivity index is 4.93. The fourth-order valence-electron chi connectivity index (χ4n) is 3.40. The van der Waals surface area contributed by atoms with Gasteiger partial charge in [0.25, 0.3) is 0 Å². The van der Waals surface area contributed by atoms with Crippen molar-refractivity contribution >= 4 is 0 Å². The number of rotatable bonds is 9. The van der Waals surface area contributed by atoms with Gasteiger partial charge in [-0.3, -0.25) is 0 Å². The van der Waals surface area contributed by atoms with Gasteiger partial charge < -0.3 is 0 Å². The summed E-state index contributed by atoms with van der Waals surface area (Å²) < 4.78 is 0. The smallest absolute Gasteiger partial charge is 0.00928 e. The van der Waals surface area contributed by atoms with Crippen molar-refractivity contribution in [3.05, 3.63) is 23.3 Å². The first-order valence-corrected chi connectivity index (χ1v) is 8.27. The molecule has 0 aromatic carbocycles. The van der Waals surface area contributed by atoms with E-state index in [-0.39, 0.29) is 0 Å². The molecule has 0 saturated heterocycles. The maximum atomic E-state index is 2.61. The van der Waals surface area contributed by atoms with Crippen LogP contribution >= 0.6 is 0 Å². The van der Waals surface area contributed by atoms with E-state index in [4.69, 9.17) is 0 Å². The lowest BCUT2D eigenvalue weighted by molar-refractivity contribution is 0.195. The molecule has 0 N–H and O–H groups in total. The van der Waals surface area contributed by atoms with Crippen molar-refractivity contribution in [1.82, 2.24) is 0 Å². The second kappa shape index (κ2) is 9.39. The topological polar surface area (TPSA) is 0 Å². The third kappa shape index (κ3) is 5.97. The third-order valence-corrected chi connectivity index (χ3v) is 4.74. The van der Waals surface area contributed by atoms with Crippen LogP contribution in [0.25, 0.3) is 0 Å². The lowest BCUT2D eigenvalue weighted by Gasteiger charge is -2.37. The minimum absolute atomic E-state index is 0.429. The molecule has 0 fully saturated rings. The molecule has 0 heterocycles. The highest BCUT2D eigenvalue weighted by Gasteiger charge is 2.31. The van der Waals surface area contributed by atoms with Crippen LogP contribution < -0.4 is 0 Å². The van der Waals surface area contributed by atoms with Gasteiger partial charge in [-0.05, 0) is 57.8 Å². The summed E-state index contributed by atoms with van der Waals surface area (Å²) in [6.07, 6.45) is 12.5. The maximum Gasteiger partial charge on any atom is -0.00928 e. The first kappa shape index (κ1) is 18.5. The normalized spacial score (nSPS) is 12.9. The molecule has 0 bridgehead atoms. The van der Waals surface area contributed by atoms with Gasteiger partial charge in [0.15, 0.2) is 0 Å².